The van der Waals surface area contributed by atoms with Gasteiger partial charge in [-0.05, 0) is 120 Å². The van der Waals surface area contributed by atoms with Gasteiger partial charge in [-0.1, -0.05) is 14.9 Å². The summed E-state index contributed by atoms with van der Waals surface area (Å²) in [6.07, 6.45) is 11.8. The number of piperazine rings is 2. The van der Waals surface area contributed by atoms with Gasteiger partial charge < -0.3 is 40.1 Å². The molecule has 0 radical (unpaired) electrons. The molecule has 6 amide bonds. The van der Waals surface area contributed by atoms with Crippen molar-refractivity contribution in [2.24, 2.45) is 11.8 Å². The average Bonchev–Trinajstić information content (AvgIpc) is 3.63. The molecule has 6 fully saturated rings. The first kappa shape index (κ1) is 63.5. The van der Waals surface area contributed by atoms with E-state index in [1.807, 2.05) is 39.0 Å². The molecule has 0 spiro atoms. The highest BCUT2D eigenvalue weighted by Crippen LogP contribution is 2.27. The van der Waals surface area contributed by atoms with Gasteiger partial charge in [-0.2, -0.15) is 0 Å². The van der Waals surface area contributed by atoms with Crippen LogP contribution < -0.4 is 40.9 Å². The Bertz CT molecular complexity index is 2910. The maximum absolute atomic E-state index is 12.6. The first-order valence-electron chi connectivity index (χ1n) is 28.4. The van der Waals surface area contributed by atoms with Crippen molar-refractivity contribution in [1.82, 2.24) is 51.0 Å². The molecule has 6 aliphatic heterocycles. The first-order chi connectivity index (χ1) is 39.4. The highest BCUT2D eigenvalue weighted by Gasteiger charge is 2.32. The predicted octanol–water partition coefficient (Wildman–Crippen LogP) is 4.03. The molecule has 10 heterocycles. The number of imide groups is 2. The van der Waals surface area contributed by atoms with Crippen LogP contribution in [-0.4, -0.2) is 192 Å². The number of ether oxygens (including phenoxy) is 1. The molecule has 24 nitrogen and oxygen atoms in total. The van der Waals surface area contributed by atoms with E-state index in [1.54, 1.807) is 48.9 Å². The van der Waals surface area contributed by atoms with Crippen molar-refractivity contribution in [1.29, 1.82) is 0 Å². The second kappa shape index (κ2) is 28.9. The Hall–Kier alpha value is -8.12. The fourth-order valence-corrected chi connectivity index (χ4v) is 11.1. The summed E-state index contributed by atoms with van der Waals surface area (Å²) >= 11 is 0. The molecule has 4 aromatic rings. The third kappa shape index (κ3) is 17.2. The number of aromatic carboxylic acids is 1. The van der Waals surface area contributed by atoms with Crippen molar-refractivity contribution in [3.63, 3.8) is 0 Å². The number of carbonyl (C=O) groups excluding carboxylic acids is 7. The number of rotatable bonds is 14. The molecule has 24 heteroatoms. The maximum atomic E-state index is 12.6. The van der Waals surface area contributed by atoms with Crippen molar-refractivity contribution >= 4 is 70.4 Å². The van der Waals surface area contributed by atoms with E-state index >= 15 is 0 Å². The minimum atomic E-state index is -0.962. The molecule has 84 heavy (non-hydrogen) atoms. The largest absolute Gasteiger partial charge is 0.478 e. The lowest BCUT2D eigenvalue weighted by atomic mass is 9.96. The van der Waals surface area contributed by atoms with Crippen LogP contribution in [0.3, 0.4) is 0 Å². The predicted molar refractivity (Wildman–Crippen MR) is 317 cm³/mol. The van der Waals surface area contributed by atoms with E-state index in [1.165, 1.54) is 6.20 Å². The van der Waals surface area contributed by atoms with Crippen LogP contribution in [0.25, 0.3) is 0 Å². The molecule has 0 saturated carbocycles. The number of carboxylic acid groups (broad SMARTS) is 1. The molecule has 2 atom stereocenters. The Morgan fingerprint density at radius 3 is 1.26 bits per heavy atom. The molecule has 0 aliphatic carbocycles. The number of hydrogen-bond acceptors (Lipinski definition) is 19. The maximum Gasteiger partial charge on any atom is 0.340 e. The van der Waals surface area contributed by atoms with E-state index in [4.69, 9.17) is 9.84 Å². The second-order valence-corrected chi connectivity index (χ2v) is 22.8. The average molecular weight is 1160 g/mol. The van der Waals surface area contributed by atoms with Crippen LogP contribution >= 0.6 is 0 Å². The van der Waals surface area contributed by atoms with Gasteiger partial charge in [0.1, 0.15) is 40.7 Å². The molecule has 6 aliphatic rings. The Morgan fingerprint density at radius 2 is 0.929 bits per heavy atom. The molecule has 10 rings (SSSR count). The minimum absolute atomic E-state index is 0. The summed E-state index contributed by atoms with van der Waals surface area (Å²) in [5.41, 5.74) is 2.55. The van der Waals surface area contributed by atoms with Gasteiger partial charge in [-0.15, -0.1) is 0 Å². The number of amides is 6. The molecular weight excluding hydrogens is 1080 g/mol. The zero-order valence-electron chi connectivity index (χ0n) is 46.9. The lowest BCUT2D eigenvalue weighted by molar-refractivity contribution is -0.136. The van der Waals surface area contributed by atoms with Crippen LogP contribution in [0.2, 0.25) is 0 Å². The van der Waals surface area contributed by atoms with E-state index in [2.05, 4.69) is 70.6 Å². The van der Waals surface area contributed by atoms with Crippen molar-refractivity contribution in [2.75, 3.05) is 111 Å². The second-order valence-electron chi connectivity index (χ2n) is 22.8. The van der Waals surface area contributed by atoms with E-state index in [0.29, 0.717) is 23.8 Å². The van der Waals surface area contributed by atoms with E-state index in [0.717, 1.165) is 140 Å². The Labute approximate surface area is 491 Å². The number of esters is 1. The standard InChI is InChI=1S/C31H41N7O5.C27H33N7O5.2CH4/c1-31(2,3)43-30(42)22-4-8-26(33-18-22)38-12-10-21(11-13-38)20-36-14-16-37(17-15-36)23-5-6-24(32-19-23)28(40)34-25-7-9-27(39)35-29(25)41;35-24-6-4-22(26(37)31-24)30-25(36)21-3-2-20(16-28-21)33-13-11-32(12-14-33)17-18-7-9-34(10-8-18)23-5-1-19(15-29-23)27(38)39;;/h4-6,8,18-19,21,25H,7,9-17,20H2,1-3H3,(H,34,40)(H,35,39,41);1-3,5,15-16,18,22H,4,6-14,17H2,(H,30,36)(H,38,39)(H,31,35,37);2*1H4. The van der Waals surface area contributed by atoms with E-state index in [-0.39, 0.29) is 68.9 Å². The molecule has 452 valence electrons. The Balaban J connectivity index is 0.000000236. The summed E-state index contributed by atoms with van der Waals surface area (Å²) in [5, 5.41) is 18.9. The third-order valence-corrected chi connectivity index (χ3v) is 15.8. The van der Waals surface area contributed by atoms with E-state index in [9.17, 15) is 38.4 Å². The molecule has 4 aromatic heterocycles. The summed E-state index contributed by atoms with van der Waals surface area (Å²) in [5.74, 6) is -0.791. The summed E-state index contributed by atoms with van der Waals surface area (Å²) in [4.78, 5) is 126. The number of aromatic nitrogens is 4. The van der Waals surface area contributed by atoms with Crippen molar-refractivity contribution < 1.29 is 48.2 Å². The molecule has 2 unspecified atom stereocenters. The van der Waals surface area contributed by atoms with Gasteiger partial charge >= 0.3 is 11.9 Å². The molecular formula is C60H82N14O10. The quantitative estimate of drug-likeness (QED) is 0.0880. The topological polar surface area (TPSA) is 285 Å². The Morgan fingerprint density at radius 1 is 0.524 bits per heavy atom. The van der Waals surface area contributed by atoms with Gasteiger partial charge in [0, 0.05) is 117 Å². The molecule has 0 aromatic carbocycles. The fourth-order valence-electron chi connectivity index (χ4n) is 11.1. The number of nitrogens with zero attached hydrogens (tertiary/aromatic N) is 10. The number of pyridine rings is 4. The summed E-state index contributed by atoms with van der Waals surface area (Å²) in [6, 6.07) is 12.8. The zero-order valence-corrected chi connectivity index (χ0v) is 46.9. The van der Waals surface area contributed by atoms with E-state index < -0.39 is 47.3 Å². The van der Waals surface area contributed by atoms with Crippen LogP contribution in [0.1, 0.15) is 129 Å². The highest BCUT2D eigenvalue weighted by atomic mass is 16.6. The van der Waals surface area contributed by atoms with Gasteiger partial charge in [0.15, 0.2) is 0 Å². The van der Waals surface area contributed by atoms with Gasteiger partial charge in [0.05, 0.1) is 34.9 Å². The monoisotopic (exact) mass is 1160 g/mol. The van der Waals surface area contributed by atoms with Gasteiger partial charge in [0.25, 0.3) is 11.8 Å². The fraction of sp³-hybridized carbons (Fsp3) is 0.533. The number of carbonyl (C=O) groups is 8. The number of nitrogens with one attached hydrogen (secondary N) is 4. The molecule has 6 saturated heterocycles. The van der Waals surface area contributed by atoms with Crippen LogP contribution in [0.4, 0.5) is 23.0 Å². The van der Waals surface area contributed by atoms with Crippen molar-refractivity contribution in [3.8, 4) is 0 Å². The number of hydrogen-bond donors (Lipinski definition) is 5. The van der Waals surface area contributed by atoms with Crippen molar-refractivity contribution in [3.05, 3.63) is 95.8 Å². The number of piperidine rings is 4. The van der Waals surface area contributed by atoms with Gasteiger partial charge in [-0.3, -0.25) is 49.2 Å². The first-order valence-corrected chi connectivity index (χ1v) is 28.4. The Kier molecular flexibility index (Phi) is 21.8. The lowest BCUT2D eigenvalue weighted by Gasteiger charge is -2.39. The zero-order chi connectivity index (χ0) is 57.9. The summed E-state index contributed by atoms with van der Waals surface area (Å²) < 4.78 is 5.43. The number of anilines is 4. The minimum Gasteiger partial charge on any atom is -0.478 e. The van der Waals surface area contributed by atoms with Crippen LogP contribution in [0, 0.1) is 11.8 Å². The van der Waals surface area contributed by atoms with Crippen LogP contribution in [-0.2, 0) is 23.9 Å². The number of carboxylic acids is 1. The lowest BCUT2D eigenvalue weighted by Crippen LogP contribution is -2.52. The smallest absolute Gasteiger partial charge is 0.340 e. The normalized spacial score (nSPS) is 20.2. The van der Waals surface area contributed by atoms with Crippen LogP contribution in [0.5, 0.6) is 0 Å². The SMILES string of the molecule is C.C.CC(C)(C)OC(=O)c1ccc(N2CCC(CN3CCN(c4ccc(C(=O)NC5CCC(=O)NC5=O)nc4)CC3)CC2)nc1.O=C1CCC(NC(=O)c2ccc(N3CCN(CC4CCN(c5ccc(C(=O)O)cn5)CC4)CC3)cn2)C(=O)N1. The molecule has 5 N–H and O–H groups in total. The third-order valence-electron chi connectivity index (χ3n) is 15.8. The van der Waals surface area contributed by atoms with Gasteiger partial charge in [0.2, 0.25) is 23.6 Å². The van der Waals surface area contributed by atoms with Crippen molar-refractivity contribution in [2.45, 2.75) is 105 Å². The molecule has 0 bridgehead atoms. The summed E-state index contributed by atoms with van der Waals surface area (Å²) in [6.45, 7) is 18.8. The van der Waals surface area contributed by atoms with Gasteiger partial charge in [-0.25, -0.2) is 29.5 Å². The van der Waals surface area contributed by atoms with Crippen LogP contribution in [0.15, 0.2) is 73.3 Å². The summed E-state index contributed by atoms with van der Waals surface area (Å²) in [7, 11) is 0. The highest BCUT2D eigenvalue weighted by molar-refractivity contribution is 6.04.